The van der Waals surface area contributed by atoms with Gasteiger partial charge in [-0.2, -0.15) is 0 Å². The van der Waals surface area contributed by atoms with Crippen LogP contribution >= 0.6 is 0 Å². The van der Waals surface area contributed by atoms with Crippen molar-refractivity contribution in [2.24, 2.45) is 17.8 Å². The molecule has 2 fully saturated rings. The number of hydrogen-bond acceptors (Lipinski definition) is 1. The fraction of sp³-hybridized carbons (Fsp3) is 0.789. The van der Waals surface area contributed by atoms with Crippen molar-refractivity contribution < 1.29 is 4.74 Å². The second-order valence-electron chi connectivity index (χ2n) is 6.74. The SMILES string of the molecule is C=CCOC1CCC(C2CCC(CC=CC)CC2)CC1. The maximum absolute atomic E-state index is 5.80. The number of hydrogen-bond donors (Lipinski definition) is 0. The molecule has 2 aliphatic rings. The third-order valence-electron chi connectivity index (χ3n) is 5.43. The van der Waals surface area contributed by atoms with Gasteiger partial charge in [-0.05, 0) is 82.5 Å². The fourth-order valence-corrected chi connectivity index (χ4v) is 4.15. The lowest BCUT2D eigenvalue weighted by Gasteiger charge is -2.37. The first-order valence-corrected chi connectivity index (χ1v) is 8.67. The highest BCUT2D eigenvalue weighted by molar-refractivity contribution is 4.86. The van der Waals surface area contributed by atoms with Crippen LogP contribution < -0.4 is 0 Å². The smallest absolute Gasteiger partial charge is 0.0648 e. The summed E-state index contributed by atoms with van der Waals surface area (Å²) in [6, 6.07) is 0. The maximum atomic E-state index is 5.80. The van der Waals surface area contributed by atoms with E-state index in [1.165, 1.54) is 57.8 Å². The minimum absolute atomic E-state index is 0.510. The summed E-state index contributed by atoms with van der Waals surface area (Å²) in [4.78, 5) is 0. The molecule has 0 spiro atoms. The van der Waals surface area contributed by atoms with Gasteiger partial charge in [0.25, 0.3) is 0 Å². The normalized spacial score (nSPS) is 35.2. The van der Waals surface area contributed by atoms with Gasteiger partial charge in [0.2, 0.25) is 0 Å². The molecule has 0 radical (unpaired) electrons. The van der Waals surface area contributed by atoms with Crippen molar-refractivity contribution in [3.8, 4) is 0 Å². The first-order chi connectivity index (χ1) is 9.83. The van der Waals surface area contributed by atoms with Gasteiger partial charge < -0.3 is 4.74 Å². The Bertz CT molecular complexity index is 291. The first-order valence-electron chi connectivity index (χ1n) is 8.67. The minimum Gasteiger partial charge on any atom is -0.374 e. The molecule has 0 aromatic heterocycles. The Kier molecular flexibility index (Phi) is 6.86. The summed E-state index contributed by atoms with van der Waals surface area (Å²) in [5, 5.41) is 0. The summed E-state index contributed by atoms with van der Waals surface area (Å²) in [5.41, 5.74) is 0. The molecule has 1 heteroatoms. The van der Waals surface area contributed by atoms with Crippen molar-refractivity contribution >= 4 is 0 Å². The second-order valence-corrected chi connectivity index (χ2v) is 6.74. The van der Waals surface area contributed by atoms with E-state index in [1.807, 2.05) is 6.08 Å². The van der Waals surface area contributed by atoms with E-state index in [0.717, 1.165) is 24.4 Å². The summed E-state index contributed by atoms with van der Waals surface area (Å²) in [7, 11) is 0. The van der Waals surface area contributed by atoms with Crippen LogP contribution in [-0.2, 0) is 4.74 Å². The van der Waals surface area contributed by atoms with E-state index in [2.05, 4.69) is 25.7 Å². The van der Waals surface area contributed by atoms with Gasteiger partial charge >= 0.3 is 0 Å². The largest absolute Gasteiger partial charge is 0.374 e. The molecule has 0 saturated heterocycles. The molecule has 114 valence electrons. The lowest BCUT2D eigenvalue weighted by Crippen LogP contribution is -2.28. The second kappa shape index (κ2) is 8.67. The van der Waals surface area contributed by atoms with E-state index >= 15 is 0 Å². The van der Waals surface area contributed by atoms with Crippen molar-refractivity contribution in [2.45, 2.75) is 70.8 Å². The standard InChI is InChI=1S/C19H32O/c1-3-5-6-16-7-9-17(10-8-16)18-11-13-19(14-12-18)20-15-4-2/h3-5,16-19H,2,6-15H2,1H3. The van der Waals surface area contributed by atoms with Crippen LogP contribution in [-0.4, -0.2) is 12.7 Å². The number of rotatable bonds is 6. The third-order valence-corrected chi connectivity index (χ3v) is 5.43. The van der Waals surface area contributed by atoms with Gasteiger partial charge in [-0.3, -0.25) is 0 Å². The number of allylic oxidation sites excluding steroid dienone is 2. The molecule has 0 atom stereocenters. The lowest BCUT2D eigenvalue weighted by molar-refractivity contribution is 0.0213. The molecule has 1 nitrogen and oxygen atoms in total. The van der Waals surface area contributed by atoms with Gasteiger partial charge in [-0.15, -0.1) is 6.58 Å². The highest BCUT2D eigenvalue weighted by atomic mass is 16.5. The average Bonchev–Trinajstić information content (AvgIpc) is 2.52. The molecule has 2 rings (SSSR count). The fourth-order valence-electron chi connectivity index (χ4n) is 4.15. The van der Waals surface area contributed by atoms with Crippen LogP contribution in [0.25, 0.3) is 0 Å². The van der Waals surface area contributed by atoms with E-state index in [0.29, 0.717) is 6.10 Å². The van der Waals surface area contributed by atoms with Crippen LogP contribution in [0.3, 0.4) is 0 Å². The summed E-state index contributed by atoms with van der Waals surface area (Å²) in [6.07, 6.45) is 19.5. The summed E-state index contributed by atoms with van der Waals surface area (Å²) >= 11 is 0. The highest BCUT2D eigenvalue weighted by Gasteiger charge is 2.30. The Balaban J connectivity index is 1.66. The zero-order valence-electron chi connectivity index (χ0n) is 13.2. The van der Waals surface area contributed by atoms with E-state index in [9.17, 15) is 0 Å². The topological polar surface area (TPSA) is 9.23 Å². The van der Waals surface area contributed by atoms with E-state index in [4.69, 9.17) is 4.74 Å². The molecule has 0 bridgehead atoms. The molecule has 20 heavy (non-hydrogen) atoms. The van der Waals surface area contributed by atoms with Crippen LogP contribution in [0.2, 0.25) is 0 Å². The van der Waals surface area contributed by atoms with Crippen LogP contribution in [0.1, 0.15) is 64.7 Å². The first kappa shape index (κ1) is 15.8. The van der Waals surface area contributed by atoms with Gasteiger partial charge in [0.05, 0.1) is 12.7 Å². The van der Waals surface area contributed by atoms with E-state index in [-0.39, 0.29) is 0 Å². The van der Waals surface area contributed by atoms with Gasteiger partial charge in [0.15, 0.2) is 0 Å². The van der Waals surface area contributed by atoms with Crippen molar-refractivity contribution in [1.29, 1.82) is 0 Å². The van der Waals surface area contributed by atoms with Crippen molar-refractivity contribution in [3.63, 3.8) is 0 Å². The van der Waals surface area contributed by atoms with Gasteiger partial charge in [0.1, 0.15) is 0 Å². The molecule has 0 amide bonds. The average molecular weight is 276 g/mol. The monoisotopic (exact) mass is 276 g/mol. The summed E-state index contributed by atoms with van der Waals surface area (Å²) in [5.74, 6) is 2.97. The third kappa shape index (κ3) is 4.77. The van der Waals surface area contributed by atoms with Crippen molar-refractivity contribution in [1.82, 2.24) is 0 Å². The predicted molar refractivity (Wildman–Crippen MR) is 86.8 cm³/mol. The lowest BCUT2D eigenvalue weighted by atomic mass is 9.70. The minimum atomic E-state index is 0.510. The summed E-state index contributed by atoms with van der Waals surface area (Å²) < 4.78 is 5.80. The van der Waals surface area contributed by atoms with Gasteiger partial charge in [-0.1, -0.05) is 18.2 Å². The Morgan fingerprint density at radius 2 is 1.55 bits per heavy atom. The molecule has 0 unspecified atom stereocenters. The molecule has 0 aliphatic heterocycles. The molecular formula is C19H32O. The molecule has 2 aliphatic carbocycles. The van der Waals surface area contributed by atoms with Crippen LogP contribution in [0.4, 0.5) is 0 Å². The molecular weight excluding hydrogens is 244 g/mol. The zero-order chi connectivity index (χ0) is 14.2. The van der Waals surface area contributed by atoms with Crippen molar-refractivity contribution in [3.05, 3.63) is 24.8 Å². The zero-order valence-corrected chi connectivity index (χ0v) is 13.2. The molecule has 0 aromatic rings. The van der Waals surface area contributed by atoms with Gasteiger partial charge in [0, 0.05) is 0 Å². The number of ether oxygens (including phenoxy) is 1. The molecule has 0 N–H and O–H groups in total. The maximum Gasteiger partial charge on any atom is 0.0648 e. The Hall–Kier alpha value is -0.560. The Morgan fingerprint density at radius 3 is 2.10 bits per heavy atom. The Morgan fingerprint density at radius 1 is 0.950 bits per heavy atom. The van der Waals surface area contributed by atoms with Crippen LogP contribution in [0.15, 0.2) is 24.8 Å². The Labute approximate surface area is 125 Å². The van der Waals surface area contributed by atoms with Gasteiger partial charge in [-0.25, -0.2) is 0 Å². The van der Waals surface area contributed by atoms with E-state index in [1.54, 1.807) is 0 Å². The van der Waals surface area contributed by atoms with Crippen LogP contribution in [0.5, 0.6) is 0 Å². The molecule has 2 saturated carbocycles. The molecule has 0 heterocycles. The van der Waals surface area contributed by atoms with Crippen molar-refractivity contribution in [2.75, 3.05) is 6.61 Å². The van der Waals surface area contributed by atoms with E-state index < -0.39 is 0 Å². The summed E-state index contributed by atoms with van der Waals surface area (Å²) in [6.45, 7) is 6.60. The molecule has 0 aromatic carbocycles. The predicted octanol–water partition coefficient (Wildman–Crippen LogP) is 5.52. The highest BCUT2D eigenvalue weighted by Crippen LogP contribution is 2.41. The quantitative estimate of drug-likeness (QED) is 0.580. The van der Waals surface area contributed by atoms with Crippen LogP contribution in [0, 0.1) is 17.8 Å².